The van der Waals surface area contributed by atoms with Gasteiger partial charge in [-0.05, 0) is 75.4 Å². The number of nitrogens with zero attached hydrogens (tertiary/aromatic N) is 1. The highest BCUT2D eigenvalue weighted by atomic mass is 16.5. The van der Waals surface area contributed by atoms with Gasteiger partial charge < -0.3 is 25.6 Å². The van der Waals surface area contributed by atoms with Gasteiger partial charge in [0.1, 0.15) is 17.7 Å². The Balaban J connectivity index is 1.71. The van der Waals surface area contributed by atoms with Gasteiger partial charge in [0.2, 0.25) is 11.8 Å². The van der Waals surface area contributed by atoms with E-state index in [-0.39, 0.29) is 17.7 Å². The molecule has 1 saturated heterocycles. The number of hydrogen-bond donors (Lipinski definition) is 3. The summed E-state index contributed by atoms with van der Waals surface area (Å²) in [6.45, 7) is 12.8. The number of carbonyl (C=O) groups is 3. The smallest absolute Gasteiger partial charge is 0.254 e. The van der Waals surface area contributed by atoms with Gasteiger partial charge in [0.25, 0.3) is 5.91 Å². The van der Waals surface area contributed by atoms with Crippen molar-refractivity contribution in [1.29, 1.82) is 0 Å². The van der Waals surface area contributed by atoms with Crippen molar-refractivity contribution in [2.24, 2.45) is 5.92 Å². The average Bonchev–Trinajstić information content (AvgIpc) is 3.39. The molecule has 3 rings (SSSR count). The number of amides is 3. The number of likely N-dealkylation sites (tertiary alicyclic amines) is 1. The van der Waals surface area contributed by atoms with Crippen LogP contribution in [0.15, 0.2) is 42.5 Å². The summed E-state index contributed by atoms with van der Waals surface area (Å²) in [5.41, 5.74) is -0.0482. The molecular weight excluding hydrogens is 492 g/mol. The van der Waals surface area contributed by atoms with Crippen LogP contribution in [0.1, 0.15) is 59.4 Å². The Morgan fingerprint density at radius 1 is 1.08 bits per heavy atom. The number of hydrogen-bond acceptors (Lipinski definition) is 5. The predicted octanol–water partition coefficient (Wildman–Crippen LogP) is 3.43. The van der Waals surface area contributed by atoms with E-state index in [9.17, 15) is 14.4 Å². The first-order valence-electron chi connectivity index (χ1n) is 14.3. The van der Waals surface area contributed by atoms with Crippen molar-refractivity contribution in [2.75, 3.05) is 32.8 Å². The molecule has 3 amide bonds. The third kappa shape index (κ3) is 8.77. The summed E-state index contributed by atoms with van der Waals surface area (Å²) in [6.07, 6.45) is 2.45. The highest BCUT2D eigenvalue weighted by Gasteiger charge is 2.41. The molecule has 2 atom stereocenters. The summed E-state index contributed by atoms with van der Waals surface area (Å²) in [4.78, 5) is 41.6. The van der Waals surface area contributed by atoms with Crippen molar-refractivity contribution in [3.8, 4) is 0 Å². The van der Waals surface area contributed by atoms with Crippen molar-refractivity contribution < 1.29 is 19.1 Å². The van der Waals surface area contributed by atoms with Crippen LogP contribution >= 0.6 is 0 Å². The second-order valence-electron chi connectivity index (χ2n) is 11.3. The molecule has 0 saturated carbocycles. The third-order valence-corrected chi connectivity index (χ3v) is 7.11. The number of fused-ring (bicyclic) bond motifs is 1. The van der Waals surface area contributed by atoms with Crippen LogP contribution in [0.3, 0.4) is 0 Å². The molecule has 1 aliphatic rings. The molecule has 1 heterocycles. The van der Waals surface area contributed by atoms with Gasteiger partial charge in [-0.25, -0.2) is 0 Å². The topological polar surface area (TPSA) is 99.8 Å². The fourth-order valence-corrected chi connectivity index (χ4v) is 5.07. The summed E-state index contributed by atoms with van der Waals surface area (Å²) in [5, 5.41) is 11.6. The van der Waals surface area contributed by atoms with E-state index in [1.54, 1.807) is 18.7 Å². The third-order valence-electron chi connectivity index (χ3n) is 7.11. The first-order valence-corrected chi connectivity index (χ1v) is 14.3. The maximum atomic E-state index is 13.5. The fraction of sp³-hybridized carbons (Fsp3) is 0.581. The molecule has 0 aromatic heterocycles. The lowest BCUT2D eigenvalue weighted by Crippen LogP contribution is -2.56. The molecule has 8 nitrogen and oxygen atoms in total. The van der Waals surface area contributed by atoms with Crippen LogP contribution in [0.25, 0.3) is 10.8 Å². The van der Waals surface area contributed by atoms with E-state index in [4.69, 9.17) is 4.74 Å². The number of benzene rings is 2. The molecule has 0 radical (unpaired) electrons. The predicted molar refractivity (Wildman–Crippen MR) is 155 cm³/mol. The van der Waals surface area contributed by atoms with Gasteiger partial charge in [-0.2, -0.15) is 0 Å². The number of ether oxygens (including phenoxy) is 1. The van der Waals surface area contributed by atoms with Crippen molar-refractivity contribution in [3.63, 3.8) is 0 Å². The summed E-state index contributed by atoms with van der Waals surface area (Å²) >= 11 is 0. The van der Waals surface area contributed by atoms with Crippen molar-refractivity contribution >= 4 is 28.5 Å². The monoisotopic (exact) mass is 538 g/mol. The minimum absolute atomic E-state index is 0.202. The molecule has 1 aliphatic heterocycles. The van der Waals surface area contributed by atoms with E-state index >= 15 is 0 Å². The Morgan fingerprint density at radius 3 is 2.54 bits per heavy atom. The van der Waals surface area contributed by atoms with Crippen molar-refractivity contribution in [2.45, 2.75) is 78.0 Å². The fourth-order valence-electron chi connectivity index (χ4n) is 5.07. The molecule has 0 aliphatic carbocycles. The maximum Gasteiger partial charge on any atom is 0.254 e. The van der Waals surface area contributed by atoms with Crippen LogP contribution in [0.2, 0.25) is 0 Å². The van der Waals surface area contributed by atoms with Gasteiger partial charge in [-0.1, -0.05) is 56.3 Å². The summed E-state index contributed by atoms with van der Waals surface area (Å²) in [6, 6.07) is 12.8. The largest absolute Gasteiger partial charge is 0.366 e. The Hall–Kier alpha value is -2.97. The van der Waals surface area contributed by atoms with E-state index in [0.29, 0.717) is 38.5 Å². The molecular formula is C31H46N4O4. The van der Waals surface area contributed by atoms with Gasteiger partial charge in [0.15, 0.2) is 0 Å². The number of nitrogens with one attached hydrogen (secondary N) is 3. The lowest BCUT2D eigenvalue weighted by Gasteiger charge is -2.33. The average molecular weight is 539 g/mol. The second kappa shape index (κ2) is 14.4. The number of rotatable bonds is 14. The molecule has 2 aromatic carbocycles. The van der Waals surface area contributed by atoms with E-state index < -0.39 is 17.7 Å². The summed E-state index contributed by atoms with van der Waals surface area (Å²) < 4.78 is 5.66. The standard InChI is InChI=1S/C31H46N4O4/c1-6-39-31(4,5)30(38)35-18-9-13-27(35)29(37)34-26(28(36)33-17-10-16-32-21-22(2)3)20-23-14-15-24-11-7-8-12-25(24)19-23/h7-8,11-12,14-15,19,22,26-27,32H,6,9-10,13,16-18,20-21H2,1-5H3,(H,33,36)(H,34,37). The van der Waals surface area contributed by atoms with Crippen LogP contribution < -0.4 is 16.0 Å². The molecule has 0 bridgehead atoms. The molecule has 1 fully saturated rings. The Morgan fingerprint density at radius 2 is 1.82 bits per heavy atom. The molecule has 0 spiro atoms. The van der Waals surface area contributed by atoms with E-state index in [1.165, 1.54) is 0 Å². The van der Waals surface area contributed by atoms with Crippen LogP contribution in [0.4, 0.5) is 0 Å². The minimum Gasteiger partial charge on any atom is -0.366 e. The first-order chi connectivity index (χ1) is 18.6. The second-order valence-corrected chi connectivity index (χ2v) is 11.3. The van der Waals surface area contributed by atoms with Gasteiger partial charge in [0, 0.05) is 26.1 Å². The molecule has 2 unspecified atom stereocenters. The van der Waals surface area contributed by atoms with E-state index in [2.05, 4.69) is 35.9 Å². The number of carbonyl (C=O) groups excluding carboxylic acids is 3. The lowest BCUT2D eigenvalue weighted by molar-refractivity contribution is -0.157. The van der Waals surface area contributed by atoms with Crippen LogP contribution in [0, 0.1) is 5.92 Å². The lowest BCUT2D eigenvalue weighted by atomic mass is 10.0. The Labute approximate surface area is 233 Å². The highest BCUT2D eigenvalue weighted by molar-refractivity contribution is 5.94. The van der Waals surface area contributed by atoms with Crippen molar-refractivity contribution in [1.82, 2.24) is 20.9 Å². The van der Waals surface area contributed by atoms with Gasteiger partial charge in [0.05, 0.1) is 0 Å². The maximum absolute atomic E-state index is 13.5. The molecule has 8 heteroatoms. The zero-order valence-electron chi connectivity index (χ0n) is 24.2. The van der Waals surface area contributed by atoms with Gasteiger partial charge >= 0.3 is 0 Å². The van der Waals surface area contributed by atoms with Gasteiger partial charge in [-0.3, -0.25) is 14.4 Å². The quantitative estimate of drug-likeness (QED) is 0.320. The summed E-state index contributed by atoms with van der Waals surface area (Å²) in [7, 11) is 0. The minimum atomic E-state index is -1.01. The van der Waals surface area contributed by atoms with Crippen LogP contribution in [0.5, 0.6) is 0 Å². The Bertz CT molecular complexity index is 1120. The normalized spacial score (nSPS) is 16.5. The van der Waals surface area contributed by atoms with Crippen LogP contribution in [-0.4, -0.2) is 73.1 Å². The molecule has 3 N–H and O–H groups in total. The highest BCUT2D eigenvalue weighted by Crippen LogP contribution is 2.24. The van der Waals surface area contributed by atoms with E-state index in [0.717, 1.165) is 42.3 Å². The molecule has 214 valence electrons. The SMILES string of the molecule is CCOC(C)(C)C(=O)N1CCCC1C(=O)NC(Cc1ccc2ccccc2c1)C(=O)NCCCNCC(C)C. The zero-order chi connectivity index (χ0) is 28.4. The summed E-state index contributed by atoms with van der Waals surface area (Å²) in [5.74, 6) is -0.146. The molecule has 2 aromatic rings. The van der Waals surface area contributed by atoms with Crippen molar-refractivity contribution in [3.05, 3.63) is 48.0 Å². The Kier molecular flexibility index (Phi) is 11.3. The zero-order valence-corrected chi connectivity index (χ0v) is 24.2. The van der Waals surface area contributed by atoms with Crippen LogP contribution in [-0.2, 0) is 25.5 Å². The first kappa shape index (κ1) is 30.6. The molecule has 39 heavy (non-hydrogen) atoms. The van der Waals surface area contributed by atoms with E-state index in [1.807, 2.05) is 43.3 Å². The van der Waals surface area contributed by atoms with Gasteiger partial charge in [-0.15, -0.1) is 0 Å².